The number of hydrogen-bond acceptors (Lipinski definition) is 6. The number of anilines is 2. The molecular weight excluding hydrogens is 502 g/mol. The van der Waals surface area contributed by atoms with Crippen molar-refractivity contribution >= 4 is 48.9 Å². The molecule has 34 heavy (non-hydrogen) atoms. The Labute approximate surface area is 203 Å². The second-order valence-electron chi connectivity index (χ2n) is 7.26. The molecule has 0 heterocycles. The van der Waals surface area contributed by atoms with Crippen molar-refractivity contribution in [3.05, 3.63) is 77.3 Å². The predicted octanol–water partition coefficient (Wildman–Crippen LogP) is 3.14. The molecule has 0 saturated heterocycles. The first-order valence-electron chi connectivity index (χ1n) is 9.77. The number of carbonyl (C=O) groups excluding carboxylic acids is 1. The van der Waals surface area contributed by atoms with Gasteiger partial charge in [-0.05, 0) is 73.2 Å². The van der Waals surface area contributed by atoms with E-state index in [-0.39, 0.29) is 26.9 Å². The minimum Gasteiger partial charge on any atom is -0.495 e. The predicted molar refractivity (Wildman–Crippen MR) is 130 cm³/mol. The monoisotopic (exact) mass is 523 g/mol. The van der Waals surface area contributed by atoms with Crippen LogP contribution in [0, 0.1) is 6.92 Å². The van der Waals surface area contributed by atoms with Gasteiger partial charge < -0.3 is 10.1 Å². The zero-order chi connectivity index (χ0) is 25.1. The highest BCUT2D eigenvalue weighted by atomic mass is 35.5. The number of benzene rings is 3. The molecule has 0 fully saturated rings. The van der Waals surface area contributed by atoms with Crippen molar-refractivity contribution < 1.29 is 26.4 Å². The molecule has 9 nitrogen and oxygen atoms in total. The lowest BCUT2D eigenvalue weighted by atomic mass is 10.2. The first kappa shape index (κ1) is 25.5. The van der Waals surface area contributed by atoms with Gasteiger partial charge in [0.15, 0.2) is 0 Å². The van der Waals surface area contributed by atoms with Gasteiger partial charge in [0.1, 0.15) is 17.2 Å². The van der Waals surface area contributed by atoms with E-state index in [1.165, 1.54) is 67.8 Å². The van der Waals surface area contributed by atoms with E-state index in [0.29, 0.717) is 10.6 Å². The van der Waals surface area contributed by atoms with E-state index in [0.717, 1.165) is 4.31 Å². The number of halogens is 1. The van der Waals surface area contributed by atoms with E-state index in [9.17, 15) is 21.6 Å². The Morgan fingerprint density at radius 2 is 1.62 bits per heavy atom. The molecule has 3 aromatic carbocycles. The summed E-state index contributed by atoms with van der Waals surface area (Å²) in [6.45, 7) is 1.17. The van der Waals surface area contributed by atoms with Crippen molar-refractivity contribution in [1.29, 1.82) is 0 Å². The summed E-state index contributed by atoms with van der Waals surface area (Å²) in [5, 5.41) is 8.03. The molecule has 1 amide bonds. The molecule has 12 heteroatoms. The molecule has 0 unspecified atom stereocenters. The number of methoxy groups -OCH3 is 1. The van der Waals surface area contributed by atoms with Crippen LogP contribution >= 0.6 is 11.6 Å². The second kappa shape index (κ2) is 10.0. The lowest BCUT2D eigenvalue weighted by molar-refractivity contribution is -0.114. The zero-order valence-corrected chi connectivity index (χ0v) is 20.6. The molecule has 0 bridgehead atoms. The highest BCUT2D eigenvalue weighted by molar-refractivity contribution is 7.93. The Morgan fingerprint density at radius 1 is 1.00 bits per heavy atom. The van der Waals surface area contributed by atoms with Crippen LogP contribution in [-0.2, 0) is 24.8 Å². The van der Waals surface area contributed by atoms with Crippen LogP contribution in [0.3, 0.4) is 0 Å². The van der Waals surface area contributed by atoms with Gasteiger partial charge in [-0.15, -0.1) is 0 Å². The maximum absolute atomic E-state index is 13.6. The molecule has 0 spiro atoms. The van der Waals surface area contributed by atoms with Crippen LogP contribution in [0.2, 0.25) is 5.02 Å². The summed E-state index contributed by atoms with van der Waals surface area (Å²) in [4.78, 5) is 12.6. The third kappa shape index (κ3) is 5.86. The van der Waals surface area contributed by atoms with E-state index >= 15 is 0 Å². The van der Waals surface area contributed by atoms with Crippen LogP contribution < -0.4 is 19.5 Å². The molecule has 0 radical (unpaired) electrons. The summed E-state index contributed by atoms with van der Waals surface area (Å²) in [5.41, 5.74) is 1.17. The number of nitrogens with two attached hydrogens (primary N) is 1. The Hall–Kier alpha value is -3.12. The number of nitrogens with one attached hydrogen (secondary N) is 1. The number of aryl methyl sites for hydroxylation is 1. The molecule has 0 aliphatic heterocycles. The van der Waals surface area contributed by atoms with Crippen molar-refractivity contribution in [2.75, 3.05) is 23.3 Å². The third-order valence-corrected chi connectivity index (χ3v) is 7.73. The van der Waals surface area contributed by atoms with Gasteiger partial charge in [0.25, 0.3) is 10.0 Å². The third-order valence-electron chi connectivity index (χ3n) is 4.76. The highest BCUT2D eigenvalue weighted by Crippen LogP contribution is 2.31. The summed E-state index contributed by atoms with van der Waals surface area (Å²) in [6, 6.07) is 15.9. The van der Waals surface area contributed by atoms with Gasteiger partial charge in [0, 0.05) is 10.7 Å². The minimum absolute atomic E-state index is 0.102. The smallest absolute Gasteiger partial charge is 0.268 e. The van der Waals surface area contributed by atoms with Crippen molar-refractivity contribution in [3.63, 3.8) is 0 Å². The van der Waals surface area contributed by atoms with Gasteiger partial charge in [-0.3, -0.25) is 9.10 Å². The Balaban J connectivity index is 1.96. The Morgan fingerprint density at radius 3 is 2.18 bits per heavy atom. The van der Waals surface area contributed by atoms with Crippen molar-refractivity contribution in [1.82, 2.24) is 0 Å². The van der Waals surface area contributed by atoms with Gasteiger partial charge in [-0.1, -0.05) is 17.7 Å². The molecule has 3 aromatic rings. The van der Waals surface area contributed by atoms with Crippen molar-refractivity contribution in [2.24, 2.45) is 5.14 Å². The fourth-order valence-corrected chi connectivity index (χ4v) is 5.39. The molecule has 0 aromatic heterocycles. The van der Waals surface area contributed by atoms with Gasteiger partial charge in [-0.2, -0.15) is 0 Å². The van der Waals surface area contributed by atoms with Crippen LogP contribution in [0.4, 0.5) is 11.4 Å². The van der Waals surface area contributed by atoms with Crippen LogP contribution in [0.15, 0.2) is 76.5 Å². The number of ether oxygens (including phenoxy) is 1. The van der Waals surface area contributed by atoms with E-state index in [1.54, 1.807) is 13.0 Å². The maximum Gasteiger partial charge on any atom is 0.268 e. The van der Waals surface area contributed by atoms with Gasteiger partial charge in [0.05, 0.1) is 17.7 Å². The number of carbonyl (C=O) groups is 1. The highest BCUT2D eigenvalue weighted by Gasteiger charge is 2.30. The first-order chi connectivity index (χ1) is 15.9. The molecule has 0 aliphatic rings. The molecule has 3 rings (SSSR count). The van der Waals surface area contributed by atoms with Crippen LogP contribution in [-0.4, -0.2) is 36.4 Å². The van der Waals surface area contributed by atoms with E-state index < -0.39 is 32.5 Å². The molecule has 0 atom stereocenters. The number of sulfonamides is 2. The summed E-state index contributed by atoms with van der Waals surface area (Å²) in [7, 11) is -6.77. The molecule has 0 aliphatic carbocycles. The van der Waals surface area contributed by atoms with Crippen LogP contribution in [0.25, 0.3) is 0 Å². The van der Waals surface area contributed by atoms with Gasteiger partial charge in [0.2, 0.25) is 15.9 Å². The molecule has 3 N–H and O–H groups in total. The van der Waals surface area contributed by atoms with E-state index in [1.807, 2.05) is 0 Å². The normalized spacial score (nSPS) is 11.6. The SMILES string of the molecule is COc1ccc(C)cc1S(=O)(=O)N(CC(=O)Nc1ccc(S(N)(=O)=O)cc1)c1ccc(Cl)cc1. The van der Waals surface area contributed by atoms with Crippen LogP contribution in [0.5, 0.6) is 5.75 Å². The fourth-order valence-electron chi connectivity index (χ4n) is 3.09. The zero-order valence-electron chi connectivity index (χ0n) is 18.2. The quantitative estimate of drug-likeness (QED) is 0.465. The number of nitrogens with zero attached hydrogens (tertiary/aromatic N) is 1. The van der Waals surface area contributed by atoms with Gasteiger partial charge >= 0.3 is 0 Å². The first-order valence-corrected chi connectivity index (χ1v) is 13.1. The molecule has 180 valence electrons. The lowest BCUT2D eigenvalue weighted by Crippen LogP contribution is -2.38. The standard InChI is InChI=1S/C22H22ClN3O6S2/c1-15-3-12-20(32-2)21(13-15)34(30,31)26(18-8-4-16(23)5-9-18)14-22(27)25-17-6-10-19(11-7-17)33(24,28)29/h3-13H,14H2,1-2H3,(H,25,27)(H2,24,28,29). The fraction of sp³-hybridized carbons (Fsp3) is 0.136. The lowest BCUT2D eigenvalue weighted by Gasteiger charge is -2.25. The summed E-state index contributed by atoms with van der Waals surface area (Å²) in [6.07, 6.45) is 0. The molecular formula is C22H22ClN3O6S2. The largest absolute Gasteiger partial charge is 0.495 e. The van der Waals surface area contributed by atoms with Gasteiger partial charge in [-0.25, -0.2) is 22.0 Å². The average molecular weight is 524 g/mol. The van der Waals surface area contributed by atoms with Crippen LogP contribution in [0.1, 0.15) is 5.56 Å². The number of amides is 1. The maximum atomic E-state index is 13.6. The summed E-state index contributed by atoms with van der Waals surface area (Å²) >= 11 is 5.95. The number of hydrogen-bond donors (Lipinski definition) is 2. The number of primary sulfonamides is 1. The minimum atomic E-state index is -4.24. The van der Waals surface area contributed by atoms with Crippen molar-refractivity contribution in [2.45, 2.75) is 16.7 Å². The van der Waals surface area contributed by atoms with Crippen molar-refractivity contribution in [3.8, 4) is 5.75 Å². The van der Waals surface area contributed by atoms with E-state index in [4.69, 9.17) is 21.5 Å². The second-order valence-corrected chi connectivity index (χ2v) is 11.1. The summed E-state index contributed by atoms with van der Waals surface area (Å²) < 4.78 is 56.3. The average Bonchev–Trinajstić information content (AvgIpc) is 2.78. The Bertz CT molecular complexity index is 1410. The Kier molecular flexibility index (Phi) is 7.51. The molecule has 0 saturated carbocycles. The number of rotatable bonds is 8. The topological polar surface area (TPSA) is 136 Å². The summed E-state index contributed by atoms with van der Waals surface area (Å²) in [5.74, 6) is -0.531. The van der Waals surface area contributed by atoms with E-state index in [2.05, 4.69) is 5.32 Å².